The minimum atomic E-state index is 0.358. The minimum Gasteiger partial charge on any atom is -0.367 e. The van der Waals surface area contributed by atoms with Gasteiger partial charge in [0.25, 0.3) is 0 Å². The zero-order valence-electron chi connectivity index (χ0n) is 12.7. The molecule has 2 aromatic carbocycles. The number of hydrogen-bond acceptors (Lipinski definition) is 3. The van der Waals surface area contributed by atoms with Gasteiger partial charge in [-0.1, -0.05) is 30.7 Å². The van der Waals surface area contributed by atoms with Crippen LogP contribution in [0.3, 0.4) is 0 Å². The highest BCUT2D eigenvalue weighted by Crippen LogP contribution is 2.26. The van der Waals surface area contributed by atoms with Crippen LogP contribution < -0.4 is 5.32 Å². The number of para-hydroxylation sites is 1. The van der Waals surface area contributed by atoms with Gasteiger partial charge in [-0.05, 0) is 49.7 Å². The second kappa shape index (κ2) is 6.32. The molecule has 22 heavy (non-hydrogen) atoms. The quantitative estimate of drug-likeness (QED) is 0.723. The van der Waals surface area contributed by atoms with Gasteiger partial charge in [-0.2, -0.15) is 0 Å². The number of nitrogens with zero attached hydrogens (tertiary/aromatic N) is 2. The molecule has 0 aliphatic heterocycles. The van der Waals surface area contributed by atoms with E-state index in [2.05, 4.69) is 24.1 Å². The van der Waals surface area contributed by atoms with Crippen LogP contribution in [0.25, 0.3) is 22.3 Å². The Balaban J connectivity index is 2.13. The molecule has 0 aliphatic rings. The third-order valence-corrected chi connectivity index (χ3v) is 3.95. The van der Waals surface area contributed by atoms with Crippen LogP contribution in [0.1, 0.15) is 20.3 Å². The topological polar surface area (TPSA) is 37.8 Å². The average Bonchev–Trinajstić information content (AvgIpc) is 2.55. The summed E-state index contributed by atoms with van der Waals surface area (Å²) in [6, 6.07) is 16.0. The summed E-state index contributed by atoms with van der Waals surface area (Å²) in [6.07, 6.45) is 1.04. The van der Waals surface area contributed by atoms with Crippen LogP contribution in [0.4, 0.5) is 5.82 Å². The molecular weight excluding hydrogens is 294 g/mol. The number of anilines is 1. The summed E-state index contributed by atoms with van der Waals surface area (Å²) in [5.41, 5.74) is 1.90. The van der Waals surface area contributed by atoms with E-state index in [4.69, 9.17) is 16.6 Å². The molecule has 112 valence electrons. The summed E-state index contributed by atoms with van der Waals surface area (Å²) in [7, 11) is 0. The molecular formula is C18H18ClN3. The lowest BCUT2D eigenvalue weighted by atomic mass is 10.1. The van der Waals surface area contributed by atoms with Gasteiger partial charge in [0.15, 0.2) is 5.82 Å². The van der Waals surface area contributed by atoms with Crippen LogP contribution in [0.2, 0.25) is 5.02 Å². The van der Waals surface area contributed by atoms with Crippen LogP contribution in [0.15, 0.2) is 48.5 Å². The first-order chi connectivity index (χ1) is 10.7. The van der Waals surface area contributed by atoms with E-state index in [0.29, 0.717) is 16.9 Å². The van der Waals surface area contributed by atoms with Crippen molar-refractivity contribution in [3.63, 3.8) is 0 Å². The van der Waals surface area contributed by atoms with Crippen LogP contribution >= 0.6 is 11.6 Å². The van der Waals surface area contributed by atoms with Gasteiger partial charge in [0.1, 0.15) is 5.82 Å². The summed E-state index contributed by atoms with van der Waals surface area (Å²) in [5, 5.41) is 5.23. The van der Waals surface area contributed by atoms with Crippen molar-refractivity contribution < 1.29 is 0 Å². The van der Waals surface area contributed by atoms with Crippen molar-refractivity contribution in [2.45, 2.75) is 26.3 Å². The Morgan fingerprint density at radius 1 is 1.05 bits per heavy atom. The highest BCUT2D eigenvalue weighted by molar-refractivity contribution is 6.30. The summed E-state index contributed by atoms with van der Waals surface area (Å²) >= 11 is 5.96. The van der Waals surface area contributed by atoms with Gasteiger partial charge in [-0.3, -0.25) is 0 Å². The highest BCUT2D eigenvalue weighted by Gasteiger charge is 2.10. The fraction of sp³-hybridized carbons (Fsp3) is 0.222. The van der Waals surface area contributed by atoms with Gasteiger partial charge in [0.2, 0.25) is 0 Å². The fourth-order valence-electron chi connectivity index (χ4n) is 2.25. The number of benzene rings is 2. The molecule has 3 aromatic rings. The number of aromatic nitrogens is 2. The average molecular weight is 312 g/mol. The normalized spacial score (nSPS) is 12.3. The van der Waals surface area contributed by atoms with Crippen LogP contribution in [-0.2, 0) is 0 Å². The second-order valence-corrected chi connectivity index (χ2v) is 5.81. The van der Waals surface area contributed by atoms with E-state index >= 15 is 0 Å². The summed E-state index contributed by atoms with van der Waals surface area (Å²) in [5.74, 6) is 1.59. The number of hydrogen-bond donors (Lipinski definition) is 1. The van der Waals surface area contributed by atoms with Crippen LogP contribution in [0.5, 0.6) is 0 Å². The Labute approximate surface area is 135 Å². The van der Waals surface area contributed by atoms with Crippen molar-refractivity contribution in [2.24, 2.45) is 0 Å². The molecule has 4 heteroatoms. The number of rotatable bonds is 4. The van der Waals surface area contributed by atoms with Crippen molar-refractivity contribution >= 4 is 28.3 Å². The third kappa shape index (κ3) is 3.04. The summed E-state index contributed by atoms with van der Waals surface area (Å²) < 4.78 is 0. The van der Waals surface area contributed by atoms with Gasteiger partial charge in [0, 0.05) is 22.0 Å². The standard InChI is InChI=1S/C18H18ClN3/c1-3-12(2)20-18-15-6-4-5-7-16(15)21-17(22-18)13-8-10-14(19)11-9-13/h4-12H,3H2,1-2H3,(H,20,21,22). The molecule has 0 fully saturated rings. The molecule has 1 atom stereocenters. The number of nitrogens with one attached hydrogen (secondary N) is 1. The van der Waals surface area contributed by atoms with Gasteiger partial charge in [0.05, 0.1) is 5.52 Å². The fourth-order valence-corrected chi connectivity index (χ4v) is 2.38. The van der Waals surface area contributed by atoms with E-state index in [1.165, 1.54) is 0 Å². The number of fused-ring (bicyclic) bond motifs is 1. The molecule has 3 nitrogen and oxygen atoms in total. The van der Waals surface area contributed by atoms with E-state index in [1.807, 2.05) is 48.5 Å². The molecule has 0 saturated heterocycles. The smallest absolute Gasteiger partial charge is 0.162 e. The lowest BCUT2D eigenvalue weighted by Gasteiger charge is -2.15. The second-order valence-electron chi connectivity index (χ2n) is 5.37. The molecule has 1 heterocycles. The third-order valence-electron chi connectivity index (χ3n) is 3.70. The first-order valence-electron chi connectivity index (χ1n) is 7.46. The maximum Gasteiger partial charge on any atom is 0.162 e. The van der Waals surface area contributed by atoms with E-state index in [1.54, 1.807) is 0 Å². The molecule has 0 saturated carbocycles. The maximum absolute atomic E-state index is 5.96. The first kappa shape index (κ1) is 14.8. The van der Waals surface area contributed by atoms with Crippen molar-refractivity contribution in [1.29, 1.82) is 0 Å². The van der Waals surface area contributed by atoms with Crippen molar-refractivity contribution in [3.8, 4) is 11.4 Å². The SMILES string of the molecule is CCC(C)Nc1nc(-c2ccc(Cl)cc2)nc2ccccc12. The van der Waals surface area contributed by atoms with Gasteiger partial charge in [-0.15, -0.1) is 0 Å². The monoisotopic (exact) mass is 311 g/mol. The van der Waals surface area contributed by atoms with Crippen LogP contribution in [0, 0.1) is 0 Å². The lowest BCUT2D eigenvalue weighted by Crippen LogP contribution is -2.15. The first-order valence-corrected chi connectivity index (χ1v) is 7.84. The zero-order valence-corrected chi connectivity index (χ0v) is 13.4. The molecule has 1 N–H and O–H groups in total. The van der Waals surface area contributed by atoms with E-state index in [9.17, 15) is 0 Å². The maximum atomic E-state index is 5.96. The molecule has 1 unspecified atom stereocenters. The Hall–Kier alpha value is -2.13. The Bertz CT molecular complexity index is 784. The largest absolute Gasteiger partial charge is 0.367 e. The predicted molar refractivity (Wildman–Crippen MR) is 93.4 cm³/mol. The molecule has 0 amide bonds. The lowest BCUT2D eigenvalue weighted by molar-refractivity contribution is 0.760. The van der Waals surface area contributed by atoms with Crippen molar-refractivity contribution in [1.82, 2.24) is 9.97 Å². The molecule has 1 aromatic heterocycles. The number of halogens is 1. The Kier molecular flexibility index (Phi) is 4.25. The highest BCUT2D eigenvalue weighted by atomic mass is 35.5. The molecule has 0 radical (unpaired) electrons. The van der Waals surface area contributed by atoms with Crippen molar-refractivity contribution in [2.75, 3.05) is 5.32 Å². The molecule has 0 aliphatic carbocycles. The van der Waals surface area contributed by atoms with Crippen molar-refractivity contribution in [3.05, 3.63) is 53.6 Å². The minimum absolute atomic E-state index is 0.358. The zero-order chi connectivity index (χ0) is 15.5. The van der Waals surface area contributed by atoms with E-state index < -0.39 is 0 Å². The Morgan fingerprint density at radius 2 is 1.77 bits per heavy atom. The van der Waals surface area contributed by atoms with Gasteiger partial charge in [-0.25, -0.2) is 9.97 Å². The van der Waals surface area contributed by atoms with Crippen LogP contribution in [-0.4, -0.2) is 16.0 Å². The predicted octanol–water partition coefficient (Wildman–Crippen LogP) is 5.16. The summed E-state index contributed by atoms with van der Waals surface area (Å²) in [6.45, 7) is 4.31. The molecule has 0 bridgehead atoms. The van der Waals surface area contributed by atoms with Gasteiger partial charge >= 0.3 is 0 Å². The van der Waals surface area contributed by atoms with E-state index in [-0.39, 0.29) is 0 Å². The van der Waals surface area contributed by atoms with Gasteiger partial charge < -0.3 is 5.32 Å². The molecule has 3 rings (SSSR count). The molecule has 0 spiro atoms. The Morgan fingerprint density at radius 3 is 2.50 bits per heavy atom. The summed E-state index contributed by atoms with van der Waals surface area (Å²) in [4.78, 5) is 9.40. The van der Waals surface area contributed by atoms with E-state index in [0.717, 1.165) is 28.7 Å².